The normalized spacial score (nSPS) is 16.3. The van der Waals surface area contributed by atoms with E-state index in [1.54, 1.807) is 4.90 Å². The number of nitrogens with two attached hydrogens (primary N) is 1. The Morgan fingerprint density at radius 1 is 1.37 bits per heavy atom. The molecule has 2 heterocycles. The third kappa shape index (κ3) is 3.97. The molecule has 9 heteroatoms. The number of anilines is 2. The predicted molar refractivity (Wildman–Crippen MR) is 97.1 cm³/mol. The maximum absolute atomic E-state index is 13.5. The number of methoxy groups -OCH3 is 1. The topological polar surface area (TPSA) is 110 Å². The second-order valence-corrected chi connectivity index (χ2v) is 6.26. The van der Waals surface area contributed by atoms with Crippen LogP contribution in [0.1, 0.15) is 29.3 Å². The van der Waals surface area contributed by atoms with Crippen LogP contribution < -0.4 is 15.8 Å². The van der Waals surface area contributed by atoms with Crippen LogP contribution in [0.15, 0.2) is 24.4 Å². The minimum absolute atomic E-state index is 0.0122. The molecule has 1 atom stereocenters. The first-order valence-electron chi connectivity index (χ1n) is 8.42. The molecule has 1 fully saturated rings. The minimum Gasteiger partial charge on any atom is -0.496 e. The maximum Gasteiger partial charge on any atom is 0.224 e. The van der Waals surface area contributed by atoms with Gasteiger partial charge in [0.05, 0.1) is 18.2 Å². The van der Waals surface area contributed by atoms with Gasteiger partial charge >= 0.3 is 0 Å². The molecule has 3 N–H and O–H groups in total. The molecule has 1 aromatic heterocycles. The quantitative estimate of drug-likeness (QED) is 0.764. The number of likely N-dealkylation sites (tertiary alicyclic amines) is 1. The molecule has 0 spiro atoms. The van der Waals surface area contributed by atoms with Crippen molar-refractivity contribution in [1.29, 1.82) is 0 Å². The van der Waals surface area contributed by atoms with E-state index in [1.807, 2.05) is 0 Å². The standard InChI is InChI=1S/C18H20FN5O3/c1-10(25)24-6-5-12(9-24)22-18-21-8-14(17(20)23-18)16(26)13-7-11(19)3-4-15(13)27-2/h3-4,7-8,12H,5-6,9H2,1-2H3,(H3,20,21,22,23)/t12-/m1/s1. The van der Waals surface area contributed by atoms with Gasteiger partial charge in [0.2, 0.25) is 17.6 Å². The number of benzene rings is 1. The highest BCUT2D eigenvalue weighted by Crippen LogP contribution is 2.25. The van der Waals surface area contributed by atoms with Gasteiger partial charge in [-0.1, -0.05) is 0 Å². The second-order valence-electron chi connectivity index (χ2n) is 6.26. The molecule has 3 rings (SSSR count). The zero-order valence-corrected chi connectivity index (χ0v) is 15.0. The summed E-state index contributed by atoms with van der Waals surface area (Å²) < 4.78 is 18.6. The summed E-state index contributed by atoms with van der Waals surface area (Å²) >= 11 is 0. The molecule has 0 aliphatic carbocycles. The zero-order chi connectivity index (χ0) is 19.6. The second kappa shape index (κ2) is 7.56. The summed E-state index contributed by atoms with van der Waals surface area (Å²) in [4.78, 5) is 34.1. The number of carbonyl (C=O) groups is 2. The van der Waals surface area contributed by atoms with E-state index in [-0.39, 0.29) is 40.6 Å². The van der Waals surface area contributed by atoms with E-state index in [2.05, 4.69) is 15.3 Å². The number of nitrogens with zero attached hydrogens (tertiary/aromatic N) is 3. The van der Waals surface area contributed by atoms with Gasteiger partial charge in [0.1, 0.15) is 17.4 Å². The number of ether oxygens (including phenoxy) is 1. The maximum atomic E-state index is 13.5. The van der Waals surface area contributed by atoms with Crippen molar-refractivity contribution >= 4 is 23.5 Å². The van der Waals surface area contributed by atoms with E-state index < -0.39 is 11.6 Å². The van der Waals surface area contributed by atoms with Gasteiger partial charge in [0.15, 0.2) is 0 Å². The minimum atomic E-state index is -0.562. The number of carbonyl (C=O) groups excluding carboxylic acids is 2. The zero-order valence-electron chi connectivity index (χ0n) is 15.0. The van der Waals surface area contributed by atoms with Gasteiger partial charge in [-0.15, -0.1) is 0 Å². The number of halogens is 1. The van der Waals surface area contributed by atoms with Crippen molar-refractivity contribution in [3.8, 4) is 5.75 Å². The molecule has 1 aromatic carbocycles. The fourth-order valence-electron chi connectivity index (χ4n) is 2.99. The van der Waals surface area contributed by atoms with Crippen LogP contribution in [0, 0.1) is 5.82 Å². The first-order valence-corrected chi connectivity index (χ1v) is 8.42. The largest absolute Gasteiger partial charge is 0.496 e. The Morgan fingerprint density at radius 2 is 2.15 bits per heavy atom. The molecule has 0 saturated carbocycles. The van der Waals surface area contributed by atoms with Crippen molar-refractivity contribution < 1.29 is 18.7 Å². The Morgan fingerprint density at radius 3 is 2.78 bits per heavy atom. The number of hydrogen-bond acceptors (Lipinski definition) is 7. The summed E-state index contributed by atoms with van der Waals surface area (Å²) in [6.07, 6.45) is 2.07. The SMILES string of the molecule is COc1ccc(F)cc1C(=O)c1cnc(N[C@@H]2CCN(C(C)=O)C2)nc1N. The molecule has 2 aromatic rings. The van der Waals surface area contributed by atoms with Crippen LogP contribution in [-0.2, 0) is 4.79 Å². The summed E-state index contributed by atoms with van der Waals surface area (Å²) in [5, 5.41) is 3.11. The van der Waals surface area contributed by atoms with Gasteiger partial charge < -0.3 is 20.7 Å². The number of nitrogens with one attached hydrogen (secondary N) is 1. The monoisotopic (exact) mass is 373 g/mol. The van der Waals surface area contributed by atoms with E-state index in [4.69, 9.17) is 10.5 Å². The van der Waals surface area contributed by atoms with Crippen LogP contribution >= 0.6 is 0 Å². The molecule has 142 valence electrons. The Balaban J connectivity index is 1.78. The highest BCUT2D eigenvalue weighted by molar-refractivity contribution is 6.13. The van der Waals surface area contributed by atoms with Crippen LogP contribution in [0.5, 0.6) is 5.75 Å². The number of hydrogen-bond donors (Lipinski definition) is 2. The van der Waals surface area contributed by atoms with Gasteiger partial charge in [0, 0.05) is 32.3 Å². The average Bonchev–Trinajstić information content (AvgIpc) is 3.10. The van der Waals surface area contributed by atoms with Gasteiger partial charge in [-0.05, 0) is 24.6 Å². The van der Waals surface area contributed by atoms with Crippen LogP contribution in [0.25, 0.3) is 0 Å². The lowest BCUT2D eigenvalue weighted by Crippen LogP contribution is -2.30. The third-order valence-electron chi connectivity index (χ3n) is 4.44. The summed E-state index contributed by atoms with van der Waals surface area (Å²) in [6, 6.07) is 3.67. The average molecular weight is 373 g/mol. The molecule has 0 unspecified atom stereocenters. The molecule has 0 radical (unpaired) electrons. The van der Waals surface area contributed by atoms with E-state index in [9.17, 15) is 14.0 Å². The van der Waals surface area contributed by atoms with Crippen molar-refractivity contribution in [2.75, 3.05) is 31.2 Å². The van der Waals surface area contributed by atoms with E-state index in [0.717, 1.165) is 12.5 Å². The molecular weight excluding hydrogens is 353 g/mol. The number of rotatable bonds is 5. The van der Waals surface area contributed by atoms with Gasteiger partial charge in [-0.3, -0.25) is 9.59 Å². The lowest BCUT2D eigenvalue weighted by Gasteiger charge is -2.15. The van der Waals surface area contributed by atoms with Crippen LogP contribution in [0.4, 0.5) is 16.2 Å². The van der Waals surface area contributed by atoms with Crippen molar-refractivity contribution in [3.63, 3.8) is 0 Å². The lowest BCUT2D eigenvalue weighted by atomic mass is 10.0. The summed E-state index contributed by atoms with van der Waals surface area (Å²) in [6.45, 7) is 2.75. The van der Waals surface area contributed by atoms with E-state index in [0.29, 0.717) is 13.1 Å². The van der Waals surface area contributed by atoms with Gasteiger partial charge in [-0.25, -0.2) is 9.37 Å². The highest BCUT2D eigenvalue weighted by Gasteiger charge is 2.25. The van der Waals surface area contributed by atoms with Crippen LogP contribution in [-0.4, -0.2) is 52.8 Å². The Labute approximate surface area is 155 Å². The molecule has 0 bridgehead atoms. The first-order chi connectivity index (χ1) is 12.9. The smallest absolute Gasteiger partial charge is 0.224 e. The van der Waals surface area contributed by atoms with Crippen LogP contribution in [0.3, 0.4) is 0 Å². The van der Waals surface area contributed by atoms with E-state index in [1.165, 1.54) is 32.4 Å². The molecule has 1 saturated heterocycles. The van der Waals surface area contributed by atoms with Crippen LogP contribution in [0.2, 0.25) is 0 Å². The number of amides is 1. The number of nitrogen functional groups attached to an aromatic ring is 1. The third-order valence-corrected chi connectivity index (χ3v) is 4.44. The summed E-state index contributed by atoms with van der Waals surface area (Å²) in [5.74, 6) is -0.592. The Bertz CT molecular complexity index is 889. The summed E-state index contributed by atoms with van der Waals surface area (Å²) in [7, 11) is 1.39. The van der Waals surface area contributed by atoms with Gasteiger partial charge in [-0.2, -0.15) is 4.98 Å². The van der Waals surface area contributed by atoms with Crippen molar-refractivity contribution in [3.05, 3.63) is 41.3 Å². The van der Waals surface area contributed by atoms with Crippen molar-refractivity contribution in [1.82, 2.24) is 14.9 Å². The van der Waals surface area contributed by atoms with E-state index >= 15 is 0 Å². The molecule has 1 aliphatic heterocycles. The highest BCUT2D eigenvalue weighted by atomic mass is 19.1. The van der Waals surface area contributed by atoms with Crippen molar-refractivity contribution in [2.24, 2.45) is 0 Å². The van der Waals surface area contributed by atoms with Gasteiger partial charge in [0.25, 0.3) is 0 Å². The number of aromatic nitrogens is 2. The molecule has 8 nitrogen and oxygen atoms in total. The number of ketones is 1. The lowest BCUT2D eigenvalue weighted by molar-refractivity contribution is -0.127. The molecular formula is C18H20FN5O3. The van der Waals surface area contributed by atoms with Crippen molar-refractivity contribution in [2.45, 2.75) is 19.4 Å². The Kier molecular flexibility index (Phi) is 5.20. The fourth-order valence-corrected chi connectivity index (χ4v) is 2.99. The first kappa shape index (κ1) is 18.6. The molecule has 27 heavy (non-hydrogen) atoms. The summed E-state index contributed by atoms with van der Waals surface area (Å²) in [5.41, 5.74) is 6.03. The fraction of sp³-hybridized carbons (Fsp3) is 0.333. The molecule has 1 aliphatic rings. The predicted octanol–water partition coefficient (Wildman–Crippen LogP) is 1.47. The molecule has 1 amide bonds. The Hall–Kier alpha value is -3.23.